The fourth-order valence-corrected chi connectivity index (χ4v) is 1.61. The lowest BCUT2D eigenvalue weighted by atomic mass is 10.1. The topological polar surface area (TPSA) is 93.5 Å². The first-order chi connectivity index (χ1) is 9.56. The molecule has 21 heavy (non-hydrogen) atoms. The number of hydrogen-bond donors (Lipinski definition) is 2. The van der Waals surface area contributed by atoms with E-state index in [4.69, 9.17) is 4.74 Å². The number of nitrogens with one attached hydrogen (secondary N) is 2. The van der Waals surface area contributed by atoms with E-state index in [0.29, 0.717) is 37.4 Å². The Kier molecular flexibility index (Phi) is 9.27. The molecule has 0 aromatic heterocycles. The van der Waals surface area contributed by atoms with Gasteiger partial charge in [-0.25, -0.2) is 0 Å². The van der Waals surface area contributed by atoms with Crippen molar-refractivity contribution in [3.8, 4) is 0 Å². The van der Waals surface area contributed by atoms with Crippen LogP contribution in [0.15, 0.2) is 18.2 Å². The van der Waals surface area contributed by atoms with Gasteiger partial charge >= 0.3 is 0 Å². The van der Waals surface area contributed by atoms with Crippen LogP contribution in [0.2, 0.25) is 0 Å². The van der Waals surface area contributed by atoms with Gasteiger partial charge in [-0.15, -0.1) is 12.4 Å². The second kappa shape index (κ2) is 10.1. The van der Waals surface area contributed by atoms with Crippen molar-refractivity contribution < 1.29 is 14.5 Å². The third-order valence-electron chi connectivity index (χ3n) is 2.74. The zero-order valence-corrected chi connectivity index (χ0v) is 12.9. The van der Waals surface area contributed by atoms with Gasteiger partial charge in [0.1, 0.15) is 0 Å². The van der Waals surface area contributed by atoms with Gasteiger partial charge in [0.2, 0.25) is 0 Å². The Balaban J connectivity index is 0.00000400. The maximum absolute atomic E-state index is 11.8. The van der Waals surface area contributed by atoms with E-state index in [1.54, 1.807) is 26.2 Å². The smallest absolute Gasteiger partial charge is 0.273 e. The number of amides is 1. The summed E-state index contributed by atoms with van der Waals surface area (Å²) in [5.41, 5.74) is 0.780. The first-order valence-corrected chi connectivity index (χ1v) is 6.29. The van der Waals surface area contributed by atoms with Crippen LogP contribution in [0, 0.1) is 17.0 Å². The van der Waals surface area contributed by atoms with Gasteiger partial charge < -0.3 is 15.4 Å². The van der Waals surface area contributed by atoms with Crippen LogP contribution >= 0.6 is 12.4 Å². The molecule has 1 aromatic rings. The molecule has 8 heteroatoms. The van der Waals surface area contributed by atoms with Crippen molar-refractivity contribution in [1.29, 1.82) is 0 Å². The van der Waals surface area contributed by atoms with Crippen LogP contribution < -0.4 is 10.6 Å². The quantitative estimate of drug-likeness (QED) is 0.428. The van der Waals surface area contributed by atoms with Crippen molar-refractivity contribution in [2.75, 3.05) is 33.4 Å². The van der Waals surface area contributed by atoms with Crippen LogP contribution in [0.1, 0.15) is 15.9 Å². The highest BCUT2D eigenvalue weighted by Gasteiger charge is 2.14. The number of benzene rings is 1. The number of hydrogen-bond acceptors (Lipinski definition) is 5. The van der Waals surface area contributed by atoms with E-state index in [1.165, 1.54) is 6.07 Å². The number of rotatable bonds is 8. The first-order valence-electron chi connectivity index (χ1n) is 6.29. The maximum Gasteiger partial charge on any atom is 0.273 e. The summed E-state index contributed by atoms with van der Waals surface area (Å²) in [5.74, 6) is -0.318. The van der Waals surface area contributed by atoms with Crippen molar-refractivity contribution in [3.05, 3.63) is 39.4 Å². The molecule has 0 saturated heterocycles. The predicted octanol–water partition coefficient (Wildman–Crippen LogP) is 1.29. The summed E-state index contributed by atoms with van der Waals surface area (Å²) in [5, 5.41) is 16.6. The molecule has 118 valence electrons. The van der Waals surface area contributed by atoms with E-state index in [0.717, 1.165) is 0 Å². The van der Waals surface area contributed by atoms with E-state index >= 15 is 0 Å². The summed E-state index contributed by atoms with van der Waals surface area (Å²) in [7, 11) is 1.62. The number of ether oxygens (including phenoxy) is 1. The van der Waals surface area contributed by atoms with Crippen molar-refractivity contribution in [2.45, 2.75) is 6.92 Å². The fraction of sp³-hybridized carbons (Fsp3) is 0.462. The molecule has 0 atom stereocenters. The average Bonchev–Trinajstić information content (AvgIpc) is 2.42. The van der Waals surface area contributed by atoms with E-state index in [9.17, 15) is 14.9 Å². The van der Waals surface area contributed by atoms with Gasteiger partial charge in [-0.1, -0.05) is 6.07 Å². The van der Waals surface area contributed by atoms with Gasteiger partial charge in [-0.3, -0.25) is 14.9 Å². The zero-order chi connectivity index (χ0) is 15.0. The Morgan fingerprint density at radius 3 is 2.67 bits per heavy atom. The standard InChI is InChI=1S/C13H19N3O4.ClH/c1-10-3-4-11(9-12(10)16(18)19)13(17)15-6-5-14-7-8-20-2;/h3-4,9,14H,5-8H2,1-2H3,(H,15,17);1H. The zero-order valence-electron chi connectivity index (χ0n) is 12.0. The molecule has 2 N–H and O–H groups in total. The molecule has 0 aliphatic heterocycles. The van der Waals surface area contributed by atoms with E-state index < -0.39 is 4.92 Å². The molecule has 0 aliphatic carbocycles. The number of nitrogens with zero attached hydrogens (tertiary/aromatic N) is 1. The highest BCUT2D eigenvalue weighted by molar-refractivity contribution is 5.94. The second-order valence-corrected chi connectivity index (χ2v) is 4.26. The molecule has 0 spiro atoms. The van der Waals surface area contributed by atoms with Crippen LogP contribution in [0.3, 0.4) is 0 Å². The van der Waals surface area contributed by atoms with Gasteiger partial charge in [-0.2, -0.15) is 0 Å². The lowest BCUT2D eigenvalue weighted by Gasteiger charge is -2.07. The van der Waals surface area contributed by atoms with Crippen LogP contribution in [-0.4, -0.2) is 44.2 Å². The van der Waals surface area contributed by atoms with Crippen molar-refractivity contribution in [2.24, 2.45) is 0 Å². The van der Waals surface area contributed by atoms with Gasteiger partial charge in [-0.05, 0) is 13.0 Å². The third kappa shape index (κ3) is 6.52. The molecule has 0 radical (unpaired) electrons. The first kappa shape index (κ1) is 19.3. The summed E-state index contributed by atoms with van der Waals surface area (Å²) >= 11 is 0. The monoisotopic (exact) mass is 317 g/mol. The molecule has 1 amide bonds. The number of nitro benzene ring substituents is 1. The average molecular weight is 318 g/mol. The van der Waals surface area contributed by atoms with E-state index in [1.807, 2.05) is 0 Å². The minimum Gasteiger partial charge on any atom is -0.383 e. The Hall–Kier alpha value is -1.70. The highest BCUT2D eigenvalue weighted by Crippen LogP contribution is 2.18. The predicted molar refractivity (Wildman–Crippen MR) is 82.2 cm³/mol. The molecule has 0 heterocycles. The molecular formula is C13H20ClN3O4. The molecule has 0 unspecified atom stereocenters. The Bertz CT molecular complexity index is 482. The minimum atomic E-state index is -0.488. The maximum atomic E-state index is 11.8. The third-order valence-corrected chi connectivity index (χ3v) is 2.74. The molecular weight excluding hydrogens is 298 g/mol. The lowest BCUT2D eigenvalue weighted by Crippen LogP contribution is -2.33. The van der Waals surface area contributed by atoms with Crippen LogP contribution in [0.5, 0.6) is 0 Å². The number of halogens is 1. The van der Waals surface area contributed by atoms with Crippen LogP contribution in [-0.2, 0) is 4.74 Å². The van der Waals surface area contributed by atoms with E-state index in [2.05, 4.69) is 10.6 Å². The number of aryl methyl sites for hydroxylation is 1. The molecule has 0 fully saturated rings. The number of nitro groups is 1. The van der Waals surface area contributed by atoms with Gasteiger partial charge in [0, 0.05) is 43.9 Å². The van der Waals surface area contributed by atoms with Crippen molar-refractivity contribution in [3.63, 3.8) is 0 Å². The SMILES string of the molecule is COCCNCCNC(=O)c1ccc(C)c([N+](=O)[O-])c1.Cl. The van der Waals surface area contributed by atoms with Crippen LogP contribution in [0.4, 0.5) is 5.69 Å². The molecule has 0 saturated carbocycles. The summed E-state index contributed by atoms with van der Waals surface area (Å²) in [6.45, 7) is 4.02. The highest BCUT2D eigenvalue weighted by atomic mass is 35.5. The van der Waals surface area contributed by atoms with Gasteiger partial charge in [0.05, 0.1) is 11.5 Å². The van der Waals surface area contributed by atoms with Crippen molar-refractivity contribution in [1.82, 2.24) is 10.6 Å². The summed E-state index contributed by atoms with van der Waals surface area (Å²) in [6.07, 6.45) is 0. The fourth-order valence-electron chi connectivity index (χ4n) is 1.61. The molecule has 0 aliphatic rings. The second-order valence-electron chi connectivity index (χ2n) is 4.26. The summed E-state index contributed by atoms with van der Waals surface area (Å²) in [6, 6.07) is 4.45. The Morgan fingerprint density at radius 1 is 1.33 bits per heavy atom. The number of carbonyl (C=O) groups is 1. The molecule has 0 bridgehead atoms. The van der Waals surface area contributed by atoms with Gasteiger partial charge in [0.15, 0.2) is 0 Å². The van der Waals surface area contributed by atoms with E-state index in [-0.39, 0.29) is 24.0 Å². The largest absolute Gasteiger partial charge is 0.383 e. The number of methoxy groups -OCH3 is 1. The molecule has 1 aromatic carbocycles. The number of carbonyl (C=O) groups excluding carboxylic acids is 1. The Labute approximate surface area is 129 Å². The molecule has 1 rings (SSSR count). The lowest BCUT2D eigenvalue weighted by molar-refractivity contribution is -0.385. The van der Waals surface area contributed by atoms with Crippen LogP contribution in [0.25, 0.3) is 0 Å². The van der Waals surface area contributed by atoms with Crippen molar-refractivity contribution >= 4 is 24.0 Å². The Morgan fingerprint density at radius 2 is 2.05 bits per heavy atom. The summed E-state index contributed by atoms with van der Waals surface area (Å²) < 4.78 is 4.87. The minimum absolute atomic E-state index is 0. The normalized spacial score (nSPS) is 9.81. The molecule has 7 nitrogen and oxygen atoms in total. The summed E-state index contributed by atoms with van der Waals surface area (Å²) in [4.78, 5) is 22.2. The van der Waals surface area contributed by atoms with Gasteiger partial charge in [0.25, 0.3) is 11.6 Å².